The summed E-state index contributed by atoms with van der Waals surface area (Å²) in [7, 11) is 0. The molecule has 3 heterocycles. The lowest BCUT2D eigenvalue weighted by atomic mass is 9.86. The molecule has 1 aromatic heterocycles. The van der Waals surface area contributed by atoms with Crippen LogP contribution in [-0.4, -0.2) is 60.5 Å². The number of aryl methyl sites for hydroxylation is 1. The van der Waals surface area contributed by atoms with Gasteiger partial charge in [-0.25, -0.2) is 4.79 Å². The normalized spacial score (nSPS) is 24.6. The zero-order valence-corrected chi connectivity index (χ0v) is 15.3. The molecular formula is C18H28N4O3. The van der Waals surface area contributed by atoms with E-state index in [1.54, 1.807) is 0 Å². The summed E-state index contributed by atoms with van der Waals surface area (Å²) in [5, 5.41) is 5.92. The Morgan fingerprint density at radius 2 is 2.16 bits per heavy atom. The maximum absolute atomic E-state index is 12.5. The van der Waals surface area contributed by atoms with E-state index in [0.717, 1.165) is 24.6 Å². The van der Waals surface area contributed by atoms with Crippen LogP contribution in [0.2, 0.25) is 0 Å². The molecule has 25 heavy (non-hydrogen) atoms. The first kappa shape index (κ1) is 17.8. The van der Waals surface area contributed by atoms with Gasteiger partial charge in [-0.3, -0.25) is 9.69 Å². The van der Waals surface area contributed by atoms with E-state index in [1.165, 1.54) is 0 Å². The van der Waals surface area contributed by atoms with Crippen LogP contribution in [0.5, 0.6) is 0 Å². The van der Waals surface area contributed by atoms with Crippen molar-refractivity contribution in [3.05, 3.63) is 23.7 Å². The Kier molecular flexibility index (Phi) is 5.03. The lowest BCUT2D eigenvalue weighted by Crippen LogP contribution is -2.48. The summed E-state index contributed by atoms with van der Waals surface area (Å²) in [4.78, 5) is 28.6. The van der Waals surface area contributed by atoms with Gasteiger partial charge in [0.05, 0.1) is 6.54 Å². The van der Waals surface area contributed by atoms with Gasteiger partial charge in [-0.05, 0) is 32.9 Å². The first-order valence-corrected chi connectivity index (χ1v) is 8.95. The molecule has 0 unspecified atom stereocenters. The molecule has 0 aliphatic carbocycles. The quantitative estimate of drug-likeness (QED) is 0.864. The molecule has 0 aromatic carbocycles. The van der Waals surface area contributed by atoms with E-state index in [0.29, 0.717) is 32.6 Å². The molecule has 1 atom stereocenters. The van der Waals surface area contributed by atoms with Crippen molar-refractivity contribution in [2.24, 2.45) is 5.41 Å². The molecule has 2 N–H and O–H groups in total. The molecule has 0 radical (unpaired) electrons. The molecule has 7 heteroatoms. The summed E-state index contributed by atoms with van der Waals surface area (Å²) in [6, 6.07) is 4.00. The number of urea groups is 1. The van der Waals surface area contributed by atoms with E-state index in [-0.39, 0.29) is 23.4 Å². The first-order chi connectivity index (χ1) is 11.8. The summed E-state index contributed by atoms with van der Waals surface area (Å²) in [6.45, 7) is 9.94. The van der Waals surface area contributed by atoms with Crippen molar-refractivity contribution in [3.63, 3.8) is 0 Å². The molecule has 2 aliphatic heterocycles. The zero-order chi connectivity index (χ0) is 18.0. The van der Waals surface area contributed by atoms with Gasteiger partial charge in [-0.1, -0.05) is 0 Å². The summed E-state index contributed by atoms with van der Waals surface area (Å²) in [5.41, 5.74) is -0.233. The largest absolute Gasteiger partial charge is 0.465 e. The Hall–Kier alpha value is -2.02. The zero-order valence-electron chi connectivity index (χ0n) is 15.3. The third kappa shape index (κ3) is 4.34. The fourth-order valence-electron chi connectivity index (χ4n) is 3.76. The van der Waals surface area contributed by atoms with Gasteiger partial charge in [0.2, 0.25) is 5.91 Å². The molecule has 1 spiro atoms. The van der Waals surface area contributed by atoms with Crippen LogP contribution in [-0.2, 0) is 11.3 Å². The van der Waals surface area contributed by atoms with E-state index in [1.807, 2.05) is 37.8 Å². The van der Waals surface area contributed by atoms with E-state index < -0.39 is 0 Å². The van der Waals surface area contributed by atoms with Gasteiger partial charge in [0.15, 0.2) is 0 Å². The Morgan fingerprint density at radius 3 is 2.76 bits per heavy atom. The average Bonchev–Trinajstić information content (AvgIpc) is 3.02. The van der Waals surface area contributed by atoms with Gasteiger partial charge < -0.3 is 20.0 Å². The van der Waals surface area contributed by atoms with Crippen LogP contribution in [0, 0.1) is 12.3 Å². The van der Waals surface area contributed by atoms with Crippen LogP contribution in [0.4, 0.5) is 4.79 Å². The SMILES string of the molecule is Cc1ccc(CN2CCN(C(=O)NC(C)C)C[C@]3(CNC(=O)C3)C2)o1. The van der Waals surface area contributed by atoms with Crippen LogP contribution in [0.15, 0.2) is 16.5 Å². The monoisotopic (exact) mass is 348 g/mol. The number of nitrogens with one attached hydrogen (secondary N) is 2. The topological polar surface area (TPSA) is 77.8 Å². The number of hydrogen-bond donors (Lipinski definition) is 2. The number of hydrogen-bond acceptors (Lipinski definition) is 4. The van der Waals surface area contributed by atoms with Crippen LogP contribution < -0.4 is 10.6 Å². The highest BCUT2D eigenvalue weighted by molar-refractivity contribution is 5.80. The molecule has 0 saturated carbocycles. The summed E-state index contributed by atoms with van der Waals surface area (Å²) in [5.74, 6) is 1.89. The van der Waals surface area contributed by atoms with E-state index >= 15 is 0 Å². The lowest BCUT2D eigenvalue weighted by Gasteiger charge is -2.32. The first-order valence-electron chi connectivity index (χ1n) is 8.95. The van der Waals surface area contributed by atoms with E-state index in [2.05, 4.69) is 15.5 Å². The van der Waals surface area contributed by atoms with E-state index in [4.69, 9.17) is 4.42 Å². The molecule has 2 fully saturated rings. The summed E-state index contributed by atoms with van der Waals surface area (Å²) < 4.78 is 5.71. The average molecular weight is 348 g/mol. The van der Waals surface area contributed by atoms with Crippen LogP contribution in [0.25, 0.3) is 0 Å². The number of carbonyl (C=O) groups excluding carboxylic acids is 2. The van der Waals surface area contributed by atoms with Crippen molar-refractivity contribution >= 4 is 11.9 Å². The number of nitrogens with zero attached hydrogens (tertiary/aromatic N) is 2. The molecular weight excluding hydrogens is 320 g/mol. The van der Waals surface area contributed by atoms with Crippen LogP contribution in [0.3, 0.4) is 0 Å². The predicted octanol–water partition coefficient (Wildman–Crippen LogP) is 1.33. The van der Waals surface area contributed by atoms with Crippen LogP contribution >= 0.6 is 0 Å². The fourth-order valence-corrected chi connectivity index (χ4v) is 3.76. The van der Waals surface area contributed by atoms with Crippen molar-refractivity contribution in [1.29, 1.82) is 0 Å². The van der Waals surface area contributed by atoms with Crippen LogP contribution in [0.1, 0.15) is 31.8 Å². The smallest absolute Gasteiger partial charge is 0.317 e. The highest BCUT2D eigenvalue weighted by Crippen LogP contribution is 2.31. The standard InChI is InChI=1S/C18H28N4O3/c1-13(2)20-17(24)22-7-6-21(9-15-5-4-14(3)25-15)11-18(12-22)8-16(23)19-10-18/h4-5,13H,6-12H2,1-3H3,(H,19,23)(H,20,24)/t18-/m1/s1. The number of carbonyl (C=O) groups is 2. The van der Waals surface area contributed by atoms with Crippen molar-refractivity contribution < 1.29 is 14.0 Å². The van der Waals surface area contributed by atoms with Crippen molar-refractivity contribution in [1.82, 2.24) is 20.4 Å². The van der Waals surface area contributed by atoms with Gasteiger partial charge in [0, 0.05) is 50.6 Å². The second-order valence-corrected chi connectivity index (χ2v) is 7.70. The molecule has 3 rings (SSSR count). The minimum atomic E-state index is -0.233. The molecule has 138 valence electrons. The van der Waals surface area contributed by atoms with Gasteiger partial charge >= 0.3 is 6.03 Å². The number of rotatable bonds is 3. The van der Waals surface area contributed by atoms with Gasteiger partial charge in [-0.15, -0.1) is 0 Å². The molecule has 1 aromatic rings. The second-order valence-electron chi connectivity index (χ2n) is 7.70. The lowest BCUT2D eigenvalue weighted by molar-refractivity contribution is -0.119. The number of furan rings is 1. The third-order valence-corrected chi connectivity index (χ3v) is 4.84. The van der Waals surface area contributed by atoms with Crippen molar-refractivity contribution in [2.75, 3.05) is 32.7 Å². The summed E-state index contributed by atoms with van der Waals surface area (Å²) in [6.07, 6.45) is 0.464. The Bertz CT molecular complexity index is 642. The fraction of sp³-hybridized carbons (Fsp3) is 0.667. The molecule has 7 nitrogen and oxygen atoms in total. The minimum absolute atomic E-state index is 0.0515. The molecule has 2 aliphatic rings. The maximum Gasteiger partial charge on any atom is 0.317 e. The van der Waals surface area contributed by atoms with Crippen molar-refractivity contribution in [2.45, 2.75) is 39.8 Å². The molecule has 3 amide bonds. The highest BCUT2D eigenvalue weighted by Gasteiger charge is 2.44. The Labute approximate surface area is 148 Å². The maximum atomic E-state index is 12.5. The van der Waals surface area contributed by atoms with Gasteiger partial charge in [0.25, 0.3) is 0 Å². The Balaban J connectivity index is 1.75. The third-order valence-electron chi connectivity index (χ3n) is 4.84. The Morgan fingerprint density at radius 1 is 1.36 bits per heavy atom. The van der Waals surface area contributed by atoms with Crippen molar-refractivity contribution in [3.8, 4) is 0 Å². The highest BCUT2D eigenvalue weighted by atomic mass is 16.3. The minimum Gasteiger partial charge on any atom is -0.465 e. The second kappa shape index (κ2) is 7.07. The van der Waals surface area contributed by atoms with Gasteiger partial charge in [0.1, 0.15) is 11.5 Å². The predicted molar refractivity (Wildman–Crippen MR) is 94.0 cm³/mol. The molecule has 0 bridgehead atoms. The summed E-state index contributed by atoms with van der Waals surface area (Å²) >= 11 is 0. The molecule has 2 saturated heterocycles. The number of amides is 3. The van der Waals surface area contributed by atoms with Gasteiger partial charge in [-0.2, -0.15) is 0 Å². The van der Waals surface area contributed by atoms with E-state index in [9.17, 15) is 9.59 Å².